The Kier molecular flexibility index (Phi) is 4.46. The molecule has 1 aliphatic heterocycles. The van der Waals surface area contributed by atoms with Gasteiger partial charge in [0.15, 0.2) is 0 Å². The van der Waals surface area contributed by atoms with Gasteiger partial charge in [-0.15, -0.1) is 0 Å². The Hall–Kier alpha value is -1.51. The van der Waals surface area contributed by atoms with Crippen LogP contribution in [-0.2, 0) is 0 Å². The van der Waals surface area contributed by atoms with Gasteiger partial charge in [-0.3, -0.25) is 0 Å². The lowest BCUT2D eigenvalue weighted by Crippen LogP contribution is -2.45. The highest BCUT2D eigenvalue weighted by molar-refractivity contribution is 5.89. The number of carbonyl (C=O) groups excluding carboxylic acids is 1. The van der Waals surface area contributed by atoms with Crippen molar-refractivity contribution in [3.8, 4) is 0 Å². The van der Waals surface area contributed by atoms with Gasteiger partial charge in [0.1, 0.15) is 0 Å². The second-order valence-corrected chi connectivity index (χ2v) is 5.48. The Bertz CT molecular complexity index is 456. The normalized spacial score (nSPS) is 19.3. The molecule has 0 unspecified atom stereocenters. The van der Waals surface area contributed by atoms with Crippen molar-refractivity contribution >= 4 is 11.7 Å². The minimum atomic E-state index is 0.0507. The van der Waals surface area contributed by atoms with E-state index in [0.29, 0.717) is 6.04 Å². The van der Waals surface area contributed by atoms with Crippen molar-refractivity contribution in [3.05, 3.63) is 29.3 Å². The number of rotatable bonds is 2. The number of piperidine rings is 1. The van der Waals surface area contributed by atoms with Crippen LogP contribution >= 0.6 is 0 Å². The maximum atomic E-state index is 12.3. The van der Waals surface area contributed by atoms with Gasteiger partial charge in [0.2, 0.25) is 0 Å². The fraction of sp³-hybridized carbons (Fsp3) is 0.562. The molecule has 0 aromatic heterocycles. The monoisotopic (exact) mass is 260 g/mol. The molecule has 2 rings (SSSR count). The minimum Gasteiger partial charge on any atom is -0.322 e. The van der Waals surface area contributed by atoms with E-state index in [1.165, 1.54) is 17.5 Å². The zero-order valence-corrected chi connectivity index (χ0v) is 12.2. The minimum absolute atomic E-state index is 0.0507. The zero-order valence-electron chi connectivity index (χ0n) is 12.2. The van der Waals surface area contributed by atoms with Crippen molar-refractivity contribution in [2.45, 2.75) is 52.5 Å². The molecular weight excluding hydrogens is 236 g/mol. The van der Waals surface area contributed by atoms with Gasteiger partial charge >= 0.3 is 6.03 Å². The van der Waals surface area contributed by atoms with Gasteiger partial charge in [-0.2, -0.15) is 0 Å². The highest BCUT2D eigenvalue weighted by Gasteiger charge is 2.25. The maximum Gasteiger partial charge on any atom is 0.322 e. The van der Waals surface area contributed by atoms with E-state index >= 15 is 0 Å². The second-order valence-electron chi connectivity index (χ2n) is 5.48. The summed E-state index contributed by atoms with van der Waals surface area (Å²) in [6, 6.07) is 6.52. The number of benzene rings is 1. The van der Waals surface area contributed by atoms with Crippen LogP contribution in [0.5, 0.6) is 0 Å². The maximum absolute atomic E-state index is 12.3. The first-order valence-corrected chi connectivity index (χ1v) is 7.26. The third-order valence-corrected chi connectivity index (χ3v) is 4.12. The van der Waals surface area contributed by atoms with Gasteiger partial charge in [0.25, 0.3) is 0 Å². The van der Waals surface area contributed by atoms with Crippen LogP contribution in [0.3, 0.4) is 0 Å². The number of anilines is 1. The summed E-state index contributed by atoms with van der Waals surface area (Å²) >= 11 is 0. The van der Waals surface area contributed by atoms with Gasteiger partial charge in [0, 0.05) is 18.3 Å². The summed E-state index contributed by atoms with van der Waals surface area (Å²) in [6.07, 6.45) is 4.54. The Morgan fingerprint density at radius 3 is 2.79 bits per heavy atom. The number of likely N-dealkylation sites (tertiary alicyclic amines) is 1. The van der Waals surface area contributed by atoms with E-state index in [4.69, 9.17) is 0 Å². The van der Waals surface area contributed by atoms with E-state index in [2.05, 4.69) is 32.2 Å². The molecular formula is C16H24N2O. The van der Waals surface area contributed by atoms with Crippen molar-refractivity contribution in [2.24, 2.45) is 0 Å². The van der Waals surface area contributed by atoms with Crippen LogP contribution in [0.4, 0.5) is 10.5 Å². The van der Waals surface area contributed by atoms with Crippen LogP contribution < -0.4 is 5.32 Å². The number of nitrogens with zero attached hydrogens (tertiary/aromatic N) is 1. The molecule has 0 bridgehead atoms. The number of carbonyl (C=O) groups is 1. The van der Waals surface area contributed by atoms with Gasteiger partial charge in [-0.05, 0) is 62.8 Å². The third kappa shape index (κ3) is 3.28. The number of urea groups is 1. The van der Waals surface area contributed by atoms with E-state index < -0.39 is 0 Å². The molecule has 0 aliphatic carbocycles. The first-order chi connectivity index (χ1) is 9.11. The zero-order chi connectivity index (χ0) is 13.8. The summed E-state index contributed by atoms with van der Waals surface area (Å²) in [4.78, 5) is 14.3. The molecule has 104 valence electrons. The molecule has 1 aromatic rings. The van der Waals surface area contributed by atoms with E-state index in [9.17, 15) is 4.79 Å². The number of aryl methyl sites for hydroxylation is 2. The largest absolute Gasteiger partial charge is 0.322 e. The molecule has 0 radical (unpaired) electrons. The number of amides is 2. The SMILES string of the molecule is CC[C@H]1CCCCN1C(=O)Nc1ccc(C)c(C)c1. The quantitative estimate of drug-likeness (QED) is 0.853. The van der Waals surface area contributed by atoms with Gasteiger partial charge in [0.05, 0.1) is 0 Å². The average molecular weight is 260 g/mol. The van der Waals surface area contributed by atoms with E-state index in [0.717, 1.165) is 31.5 Å². The molecule has 0 spiro atoms. The first kappa shape index (κ1) is 13.9. The van der Waals surface area contributed by atoms with Crippen molar-refractivity contribution in [3.63, 3.8) is 0 Å². The fourth-order valence-electron chi connectivity index (χ4n) is 2.71. The molecule has 3 nitrogen and oxygen atoms in total. The first-order valence-electron chi connectivity index (χ1n) is 7.26. The van der Waals surface area contributed by atoms with Gasteiger partial charge in [-0.25, -0.2) is 4.79 Å². The van der Waals surface area contributed by atoms with Crippen LogP contribution in [0.1, 0.15) is 43.7 Å². The standard InChI is InChI=1S/C16H24N2O/c1-4-15-7-5-6-10-18(15)16(19)17-14-9-8-12(2)13(3)11-14/h8-9,11,15H,4-7,10H2,1-3H3,(H,17,19)/t15-/m0/s1. The van der Waals surface area contributed by atoms with E-state index in [-0.39, 0.29) is 6.03 Å². The summed E-state index contributed by atoms with van der Waals surface area (Å²) in [6.45, 7) is 7.20. The average Bonchev–Trinajstić information content (AvgIpc) is 2.43. The molecule has 3 heteroatoms. The van der Waals surface area contributed by atoms with Crippen molar-refractivity contribution in [1.29, 1.82) is 0 Å². The van der Waals surface area contributed by atoms with Crippen LogP contribution in [0.25, 0.3) is 0 Å². The van der Waals surface area contributed by atoms with Crippen molar-refractivity contribution in [2.75, 3.05) is 11.9 Å². The molecule has 19 heavy (non-hydrogen) atoms. The van der Waals surface area contributed by atoms with Gasteiger partial charge < -0.3 is 10.2 Å². The smallest absolute Gasteiger partial charge is 0.322 e. The Morgan fingerprint density at radius 2 is 2.11 bits per heavy atom. The lowest BCUT2D eigenvalue weighted by Gasteiger charge is -2.35. The summed E-state index contributed by atoms with van der Waals surface area (Å²) in [7, 11) is 0. The number of hydrogen-bond donors (Lipinski definition) is 1. The predicted molar refractivity (Wildman–Crippen MR) is 79.6 cm³/mol. The van der Waals surface area contributed by atoms with E-state index in [1.807, 2.05) is 17.0 Å². The van der Waals surface area contributed by atoms with Crippen LogP contribution in [-0.4, -0.2) is 23.5 Å². The highest BCUT2D eigenvalue weighted by Crippen LogP contribution is 2.21. The topological polar surface area (TPSA) is 32.3 Å². The lowest BCUT2D eigenvalue weighted by molar-refractivity contribution is 0.160. The lowest BCUT2D eigenvalue weighted by atomic mass is 10.0. The third-order valence-electron chi connectivity index (χ3n) is 4.12. The molecule has 1 atom stereocenters. The van der Waals surface area contributed by atoms with E-state index in [1.54, 1.807) is 0 Å². The molecule has 1 saturated heterocycles. The number of nitrogens with one attached hydrogen (secondary N) is 1. The van der Waals surface area contributed by atoms with Crippen molar-refractivity contribution < 1.29 is 4.79 Å². The molecule has 1 N–H and O–H groups in total. The van der Waals surface area contributed by atoms with Crippen LogP contribution in [0.2, 0.25) is 0 Å². The molecule has 0 saturated carbocycles. The Morgan fingerprint density at radius 1 is 1.32 bits per heavy atom. The summed E-state index contributed by atoms with van der Waals surface area (Å²) < 4.78 is 0. The molecule has 1 fully saturated rings. The van der Waals surface area contributed by atoms with Crippen LogP contribution in [0.15, 0.2) is 18.2 Å². The Balaban J connectivity index is 2.05. The molecule has 1 aromatic carbocycles. The molecule has 1 aliphatic rings. The summed E-state index contributed by atoms with van der Waals surface area (Å²) in [5.41, 5.74) is 3.36. The van der Waals surface area contributed by atoms with Crippen molar-refractivity contribution in [1.82, 2.24) is 4.90 Å². The number of hydrogen-bond acceptors (Lipinski definition) is 1. The molecule has 1 heterocycles. The summed E-state index contributed by atoms with van der Waals surface area (Å²) in [5, 5.41) is 3.03. The highest BCUT2D eigenvalue weighted by atomic mass is 16.2. The van der Waals surface area contributed by atoms with Crippen LogP contribution in [0, 0.1) is 13.8 Å². The molecule has 2 amide bonds. The Labute approximate surface area is 116 Å². The van der Waals surface area contributed by atoms with Gasteiger partial charge in [-0.1, -0.05) is 13.0 Å². The second kappa shape index (κ2) is 6.09. The predicted octanol–water partition coefficient (Wildman–Crippen LogP) is 4.10. The fourth-order valence-corrected chi connectivity index (χ4v) is 2.71. The summed E-state index contributed by atoms with van der Waals surface area (Å²) in [5.74, 6) is 0.